The highest BCUT2D eigenvalue weighted by Crippen LogP contribution is 2.36. The Kier molecular flexibility index (Phi) is 2.71. The molecule has 0 bridgehead atoms. The molecule has 0 saturated carbocycles. The van der Waals surface area contributed by atoms with Gasteiger partial charge in [0.25, 0.3) is 0 Å². The molecule has 0 spiro atoms. The number of anilines is 1. The molecular weight excluding hydrogens is 338 g/mol. The van der Waals surface area contributed by atoms with Crippen molar-refractivity contribution in [2.45, 2.75) is 0 Å². The first-order chi connectivity index (χ1) is 10.2. The number of ether oxygens (including phenoxy) is 2. The van der Waals surface area contributed by atoms with Crippen molar-refractivity contribution in [3.8, 4) is 17.3 Å². The van der Waals surface area contributed by atoms with Gasteiger partial charge in [-0.25, -0.2) is 4.98 Å². The van der Waals surface area contributed by atoms with E-state index < -0.39 is 0 Å². The van der Waals surface area contributed by atoms with Crippen LogP contribution in [0.2, 0.25) is 0 Å². The molecule has 0 unspecified atom stereocenters. The average molecular weight is 348 g/mol. The summed E-state index contributed by atoms with van der Waals surface area (Å²) < 4.78 is 13.3. The smallest absolute Gasteiger partial charge is 0.240 e. The van der Waals surface area contributed by atoms with E-state index in [1.165, 1.54) is 0 Å². The molecule has 0 fully saturated rings. The van der Waals surface area contributed by atoms with Gasteiger partial charge in [-0.05, 0) is 39.5 Å². The predicted molar refractivity (Wildman–Crippen MR) is 79.8 cm³/mol. The molecule has 106 valence electrons. The van der Waals surface area contributed by atoms with Gasteiger partial charge < -0.3 is 15.2 Å². The first-order valence-corrected chi connectivity index (χ1v) is 7.08. The molecule has 2 aromatic heterocycles. The normalized spacial score (nSPS) is 13.6. The number of fused-ring (bicyclic) bond motifs is 2. The minimum absolute atomic E-state index is 0.179. The lowest BCUT2D eigenvalue weighted by Crippen LogP contribution is -2.15. The summed E-state index contributed by atoms with van der Waals surface area (Å²) in [6.07, 6.45) is 1.71. The number of nitrogens with two attached hydrogens (primary N) is 1. The van der Waals surface area contributed by atoms with Crippen LogP contribution < -0.4 is 15.2 Å². The molecule has 21 heavy (non-hydrogen) atoms. The molecule has 4 rings (SSSR count). The van der Waals surface area contributed by atoms with E-state index in [4.69, 9.17) is 15.2 Å². The van der Waals surface area contributed by atoms with Crippen LogP contribution in [0.5, 0.6) is 11.5 Å². The number of nitrogen functional groups attached to an aromatic ring is 1. The van der Waals surface area contributed by atoms with E-state index in [0.29, 0.717) is 29.5 Å². The Balaban J connectivity index is 1.99. The highest BCUT2D eigenvalue weighted by Gasteiger charge is 2.17. The van der Waals surface area contributed by atoms with Gasteiger partial charge in [0.05, 0.1) is 0 Å². The average Bonchev–Trinajstić information content (AvgIpc) is 2.83. The van der Waals surface area contributed by atoms with E-state index in [2.05, 4.69) is 31.0 Å². The van der Waals surface area contributed by atoms with Crippen molar-refractivity contribution in [3.63, 3.8) is 0 Å². The van der Waals surface area contributed by atoms with Crippen molar-refractivity contribution in [1.29, 1.82) is 0 Å². The SMILES string of the molecule is Nc1nc(Br)n(-c2nccc3cc4c(cc23)OCCO4)n1. The van der Waals surface area contributed by atoms with Crippen LogP contribution >= 0.6 is 15.9 Å². The first-order valence-electron chi connectivity index (χ1n) is 6.29. The third-order valence-electron chi connectivity index (χ3n) is 3.19. The Labute approximate surface area is 127 Å². The monoisotopic (exact) mass is 347 g/mol. The number of rotatable bonds is 1. The van der Waals surface area contributed by atoms with Crippen molar-refractivity contribution in [2.24, 2.45) is 0 Å². The molecule has 2 N–H and O–H groups in total. The van der Waals surface area contributed by atoms with Gasteiger partial charge in [0.1, 0.15) is 13.2 Å². The second kappa shape index (κ2) is 4.59. The van der Waals surface area contributed by atoms with Crippen molar-refractivity contribution in [1.82, 2.24) is 19.7 Å². The van der Waals surface area contributed by atoms with Gasteiger partial charge in [0.2, 0.25) is 10.7 Å². The largest absolute Gasteiger partial charge is 0.486 e. The van der Waals surface area contributed by atoms with Crippen LogP contribution in [0.25, 0.3) is 16.6 Å². The van der Waals surface area contributed by atoms with Gasteiger partial charge in [0.15, 0.2) is 17.3 Å². The van der Waals surface area contributed by atoms with Crippen molar-refractivity contribution in [2.75, 3.05) is 18.9 Å². The summed E-state index contributed by atoms with van der Waals surface area (Å²) in [6, 6.07) is 5.74. The Morgan fingerprint density at radius 3 is 2.67 bits per heavy atom. The molecule has 3 aromatic rings. The summed E-state index contributed by atoms with van der Waals surface area (Å²) in [6.45, 7) is 1.09. The highest BCUT2D eigenvalue weighted by atomic mass is 79.9. The first kappa shape index (κ1) is 12.4. The topological polar surface area (TPSA) is 88.1 Å². The molecule has 7 nitrogen and oxygen atoms in total. The number of nitrogens with zero attached hydrogens (tertiary/aromatic N) is 4. The number of halogens is 1. The molecule has 1 aliphatic rings. The van der Waals surface area contributed by atoms with Crippen molar-refractivity contribution in [3.05, 3.63) is 29.1 Å². The maximum atomic E-state index is 5.63. The fraction of sp³-hybridized carbons (Fsp3) is 0.154. The van der Waals surface area contributed by atoms with Crippen molar-refractivity contribution < 1.29 is 9.47 Å². The standard InChI is InChI=1S/C13H10BrN5O2/c14-12-17-13(15)18-19(12)11-8-6-10-9(20-3-4-21-10)5-7(8)1-2-16-11/h1-2,5-6H,3-4H2,(H2,15,18). The molecule has 1 aromatic carbocycles. The maximum absolute atomic E-state index is 5.63. The number of aromatic nitrogens is 4. The van der Waals surface area contributed by atoms with Crippen LogP contribution in [0.4, 0.5) is 5.95 Å². The lowest BCUT2D eigenvalue weighted by molar-refractivity contribution is 0.172. The maximum Gasteiger partial charge on any atom is 0.240 e. The third kappa shape index (κ3) is 1.99. The van der Waals surface area contributed by atoms with Gasteiger partial charge in [-0.2, -0.15) is 9.67 Å². The van der Waals surface area contributed by atoms with Crippen LogP contribution in [0, 0.1) is 0 Å². The quantitative estimate of drug-likeness (QED) is 0.723. The number of hydrogen-bond acceptors (Lipinski definition) is 6. The summed E-state index contributed by atoms with van der Waals surface area (Å²) >= 11 is 3.33. The van der Waals surface area contributed by atoms with E-state index in [1.54, 1.807) is 10.9 Å². The van der Waals surface area contributed by atoms with E-state index in [9.17, 15) is 0 Å². The zero-order valence-electron chi connectivity index (χ0n) is 10.8. The summed E-state index contributed by atoms with van der Waals surface area (Å²) in [4.78, 5) is 8.41. The summed E-state index contributed by atoms with van der Waals surface area (Å²) in [7, 11) is 0. The second-order valence-electron chi connectivity index (χ2n) is 4.50. The Morgan fingerprint density at radius 1 is 1.19 bits per heavy atom. The Bertz CT molecular complexity index is 848. The predicted octanol–water partition coefficient (Wildman–Crippen LogP) is 1.93. The van der Waals surface area contributed by atoms with Gasteiger partial charge in [-0.3, -0.25) is 0 Å². The molecule has 0 saturated heterocycles. The van der Waals surface area contributed by atoms with Crippen LogP contribution in [0.3, 0.4) is 0 Å². The van der Waals surface area contributed by atoms with E-state index in [1.807, 2.05) is 18.2 Å². The fourth-order valence-corrected chi connectivity index (χ4v) is 2.73. The van der Waals surface area contributed by atoms with Crippen LogP contribution in [0.1, 0.15) is 0 Å². The van der Waals surface area contributed by atoms with Crippen LogP contribution in [-0.2, 0) is 0 Å². The molecule has 0 aliphatic carbocycles. The van der Waals surface area contributed by atoms with Gasteiger partial charge >= 0.3 is 0 Å². The van der Waals surface area contributed by atoms with Gasteiger partial charge in [0, 0.05) is 11.6 Å². The zero-order chi connectivity index (χ0) is 14.4. The summed E-state index contributed by atoms with van der Waals surface area (Å²) in [5.74, 6) is 2.24. The molecule has 0 atom stereocenters. The minimum atomic E-state index is 0.179. The highest BCUT2D eigenvalue weighted by molar-refractivity contribution is 9.10. The Hall–Kier alpha value is -2.35. The second-order valence-corrected chi connectivity index (χ2v) is 5.21. The molecular formula is C13H10BrN5O2. The lowest BCUT2D eigenvalue weighted by Gasteiger charge is -2.19. The zero-order valence-corrected chi connectivity index (χ0v) is 12.4. The Morgan fingerprint density at radius 2 is 1.95 bits per heavy atom. The van der Waals surface area contributed by atoms with Crippen LogP contribution in [-0.4, -0.2) is 33.0 Å². The summed E-state index contributed by atoms with van der Waals surface area (Å²) in [5.41, 5.74) is 5.63. The van der Waals surface area contributed by atoms with Gasteiger partial charge in [-0.1, -0.05) is 0 Å². The van der Waals surface area contributed by atoms with E-state index >= 15 is 0 Å². The van der Waals surface area contributed by atoms with E-state index in [0.717, 1.165) is 16.5 Å². The molecule has 0 radical (unpaired) electrons. The molecule has 3 heterocycles. The van der Waals surface area contributed by atoms with E-state index in [-0.39, 0.29) is 5.95 Å². The number of pyridine rings is 1. The fourth-order valence-electron chi connectivity index (χ4n) is 2.31. The number of benzene rings is 1. The van der Waals surface area contributed by atoms with Crippen LogP contribution in [0.15, 0.2) is 29.1 Å². The summed E-state index contributed by atoms with van der Waals surface area (Å²) in [5, 5.41) is 6.00. The molecule has 1 aliphatic heterocycles. The third-order valence-corrected chi connectivity index (χ3v) is 3.70. The molecule has 8 heteroatoms. The minimum Gasteiger partial charge on any atom is -0.486 e. The van der Waals surface area contributed by atoms with Crippen molar-refractivity contribution >= 4 is 32.7 Å². The lowest BCUT2D eigenvalue weighted by atomic mass is 10.1. The number of hydrogen-bond donors (Lipinski definition) is 1. The van der Waals surface area contributed by atoms with Gasteiger partial charge in [-0.15, -0.1) is 5.10 Å². The molecule has 0 amide bonds.